The van der Waals surface area contributed by atoms with Crippen molar-refractivity contribution in [3.8, 4) is 6.07 Å². The highest BCUT2D eigenvalue weighted by atomic mass is 32.2. The van der Waals surface area contributed by atoms with Gasteiger partial charge < -0.3 is 5.11 Å². The molecule has 1 unspecified atom stereocenters. The molecule has 20 heavy (non-hydrogen) atoms. The molecule has 108 valence electrons. The maximum absolute atomic E-state index is 13.1. The molecule has 0 bridgehead atoms. The van der Waals surface area contributed by atoms with Crippen molar-refractivity contribution >= 4 is 16.0 Å². The van der Waals surface area contributed by atoms with Gasteiger partial charge in [0.2, 0.25) is 10.0 Å². The van der Waals surface area contributed by atoms with Crippen molar-refractivity contribution < 1.29 is 22.7 Å². The molecule has 0 amide bonds. The SMILES string of the molecule is CCC(CNS(=O)(=O)c1ccc(F)c(C#N)c1)C(=O)O. The highest BCUT2D eigenvalue weighted by Gasteiger charge is 2.21. The number of rotatable bonds is 6. The third kappa shape index (κ3) is 3.76. The summed E-state index contributed by atoms with van der Waals surface area (Å²) in [6, 6.07) is 4.33. The Labute approximate surface area is 115 Å². The van der Waals surface area contributed by atoms with Gasteiger partial charge in [0.15, 0.2) is 0 Å². The Kier molecular flexibility index (Phi) is 5.19. The van der Waals surface area contributed by atoms with Gasteiger partial charge in [-0.2, -0.15) is 5.26 Å². The summed E-state index contributed by atoms with van der Waals surface area (Å²) in [6.45, 7) is 1.35. The van der Waals surface area contributed by atoms with E-state index in [1.807, 2.05) is 0 Å². The lowest BCUT2D eigenvalue weighted by Crippen LogP contribution is -2.32. The monoisotopic (exact) mass is 300 g/mol. The van der Waals surface area contributed by atoms with Crippen molar-refractivity contribution in [3.05, 3.63) is 29.6 Å². The Bertz CT molecular complexity index is 652. The highest BCUT2D eigenvalue weighted by molar-refractivity contribution is 7.89. The van der Waals surface area contributed by atoms with E-state index in [0.717, 1.165) is 18.2 Å². The lowest BCUT2D eigenvalue weighted by atomic mass is 10.1. The van der Waals surface area contributed by atoms with Gasteiger partial charge in [0.05, 0.1) is 16.4 Å². The van der Waals surface area contributed by atoms with E-state index in [-0.39, 0.29) is 17.9 Å². The molecule has 8 heteroatoms. The summed E-state index contributed by atoms with van der Waals surface area (Å²) in [4.78, 5) is 10.5. The van der Waals surface area contributed by atoms with Gasteiger partial charge in [-0.1, -0.05) is 6.92 Å². The molecule has 0 aliphatic rings. The Morgan fingerprint density at radius 3 is 2.70 bits per heavy atom. The largest absolute Gasteiger partial charge is 0.481 e. The lowest BCUT2D eigenvalue weighted by molar-refractivity contribution is -0.141. The Hall–Kier alpha value is -1.98. The van der Waals surface area contributed by atoms with Gasteiger partial charge in [0.25, 0.3) is 0 Å². The Morgan fingerprint density at radius 2 is 2.20 bits per heavy atom. The molecule has 0 saturated carbocycles. The van der Waals surface area contributed by atoms with Crippen molar-refractivity contribution in [1.29, 1.82) is 5.26 Å². The summed E-state index contributed by atoms with van der Waals surface area (Å²) in [5, 5.41) is 17.5. The third-order valence-corrected chi connectivity index (χ3v) is 4.15. The molecule has 0 saturated heterocycles. The van der Waals surface area contributed by atoms with Crippen LogP contribution in [0.5, 0.6) is 0 Å². The van der Waals surface area contributed by atoms with Crippen molar-refractivity contribution in [2.75, 3.05) is 6.54 Å². The van der Waals surface area contributed by atoms with Crippen molar-refractivity contribution in [3.63, 3.8) is 0 Å². The number of nitriles is 1. The number of nitrogens with zero attached hydrogens (tertiary/aromatic N) is 1. The van der Waals surface area contributed by atoms with Gasteiger partial charge in [-0.25, -0.2) is 17.5 Å². The molecule has 6 nitrogen and oxygen atoms in total. The average molecular weight is 300 g/mol. The summed E-state index contributed by atoms with van der Waals surface area (Å²) in [6.07, 6.45) is 0.269. The van der Waals surface area contributed by atoms with Gasteiger partial charge in [0, 0.05) is 6.54 Å². The van der Waals surface area contributed by atoms with Crippen LogP contribution in [0.3, 0.4) is 0 Å². The standard InChI is InChI=1S/C12H13FN2O4S/c1-2-8(12(16)17)7-15-20(18,19)10-3-4-11(13)9(5-10)6-14/h3-5,8,15H,2,7H2,1H3,(H,16,17). The number of carbonyl (C=O) groups is 1. The smallest absolute Gasteiger partial charge is 0.307 e. The van der Waals surface area contributed by atoms with Gasteiger partial charge in [0.1, 0.15) is 11.9 Å². The molecular weight excluding hydrogens is 287 g/mol. The van der Waals surface area contributed by atoms with E-state index in [1.165, 1.54) is 0 Å². The maximum atomic E-state index is 13.1. The molecule has 1 aromatic carbocycles. The zero-order chi connectivity index (χ0) is 15.3. The molecule has 0 fully saturated rings. The number of carboxylic acids is 1. The number of hydrogen-bond donors (Lipinski definition) is 2. The fourth-order valence-corrected chi connectivity index (χ4v) is 2.56. The van der Waals surface area contributed by atoms with E-state index in [2.05, 4.69) is 4.72 Å². The summed E-state index contributed by atoms with van der Waals surface area (Å²) < 4.78 is 39.1. The predicted octanol–water partition coefficient (Wildman–Crippen LogP) is 1.09. The van der Waals surface area contributed by atoms with Gasteiger partial charge in [-0.05, 0) is 24.6 Å². The molecule has 1 atom stereocenters. The molecule has 0 radical (unpaired) electrons. The number of hydrogen-bond acceptors (Lipinski definition) is 4. The zero-order valence-electron chi connectivity index (χ0n) is 10.6. The normalized spacial score (nSPS) is 12.7. The predicted molar refractivity (Wildman–Crippen MR) is 67.7 cm³/mol. The van der Waals surface area contributed by atoms with Gasteiger partial charge in [-0.15, -0.1) is 0 Å². The van der Waals surface area contributed by atoms with Gasteiger partial charge >= 0.3 is 5.97 Å². The second kappa shape index (κ2) is 6.45. The van der Waals surface area contributed by atoms with Crippen molar-refractivity contribution in [2.45, 2.75) is 18.2 Å². The minimum absolute atomic E-state index is 0.269. The van der Waals surface area contributed by atoms with Crippen LogP contribution in [-0.2, 0) is 14.8 Å². The first-order valence-corrected chi connectivity index (χ1v) is 7.22. The van der Waals surface area contributed by atoms with Crippen molar-refractivity contribution in [1.82, 2.24) is 4.72 Å². The summed E-state index contributed by atoms with van der Waals surface area (Å²) in [5.74, 6) is -2.77. The highest BCUT2D eigenvalue weighted by Crippen LogP contribution is 2.14. The number of halogens is 1. The van der Waals surface area contributed by atoms with E-state index >= 15 is 0 Å². The number of sulfonamides is 1. The molecule has 0 aliphatic heterocycles. The van der Waals surface area contributed by atoms with Crippen LogP contribution in [-0.4, -0.2) is 26.0 Å². The van der Waals surface area contributed by atoms with Crippen LogP contribution in [0.4, 0.5) is 4.39 Å². The number of nitrogens with one attached hydrogen (secondary N) is 1. The van der Waals surface area contributed by atoms with E-state index in [1.54, 1.807) is 13.0 Å². The molecular formula is C12H13FN2O4S. The fourth-order valence-electron chi connectivity index (χ4n) is 1.46. The Balaban J connectivity index is 2.95. The van der Waals surface area contributed by atoms with E-state index in [0.29, 0.717) is 0 Å². The van der Waals surface area contributed by atoms with E-state index in [9.17, 15) is 17.6 Å². The van der Waals surface area contributed by atoms with Crippen LogP contribution < -0.4 is 4.72 Å². The second-order valence-corrected chi connectivity index (χ2v) is 5.82. The van der Waals surface area contributed by atoms with E-state index < -0.39 is 33.3 Å². The van der Waals surface area contributed by atoms with Gasteiger partial charge in [-0.3, -0.25) is 4.79 Å². The van der Waals surface area contributed by atoms with Crippen LogP contribution in [0.25, 0.3) is 0 Å². The van der Waals surface area contributed by atoms with Crippen LogP contribution in [0.1, 0.15) is 18.9 Å². The van der Waals surface area contributed by atoms with Crippen LogP contribution in [0, 0.1) is 23.1 Å². The Morgan fingerprint density at radius 1 is 1.55 bits per heavy atom. The zero-order valence-corrected chi connectivity index (χ0v) is 11.4. The molecule has 1 aromatic rings. The summed E-state index contributed by atoms with van der Waals surface area (Å²) in [5.41, 5.74) is -0.391. The molecule has 0 heterocycles. The topological polar surface area (TPSA) is 107 Å². The minimum atomic E-state index is -3.98. The first kappa shape index (κ1) is 16.1. The number of aliphatic carboxylic acids is 1. The van der Waals surface area contributed by atoms with Crippen LogP contribution >= 0.6 is 0 Å². The lowest BCUT2D eigenvalue weighted by Gasteiger charge is -2.11. The first-order valence-electron chi connectivity index (χ1n) is 5.74. The minimum Gasteiger partial charge on any atom is -0.481 e. The average Bonchev–Trinajstić information content (AvgIpc) is 2.39. The van der Waals surface area contributed by atoms with Crippen molar-refractivity contribution in [2.24, 2.45) is 5.92 Å². The van der Waals surface area contributed by atoms with E-state index in [4.69, 9.17) is 10.4 Å². The summed E-state index contributed by atoms with van der Waals surface area (Å²) in [7, 11) is -3.98. The quantitative estimate of drug-likeness (QED) is 0.817. The molecule has 1 rings (SSSR count). The molecule has 0 spiro atoms. The number of carboxylic acid groups (broad SMARTS) is 1. The molecule has 0 aromatic heterocycles. The van der Waals surface area contributed by atoms with Crippen LogP contribution in [0.2, 0.25) is 0 Å². The maximum Gasteiger partial charge on any atom is 0.307 e. The van der Waals surface area contributed by atoms with Crippen LogP contribution in [0.15, 0.2) is 23.1 Å². The third-order valence-electron chi connectivity index (χ3n) is 2.73. The number of benzene rings is 1. The fraction of sp³-hybridized carbons (Fsp3) is 0.333. The molecule has 2 N–H and O–H groups in total. The molecule has 0 aliphatic carbocycles. The first-order chi connectivity index (χ1) is 9.31. The summed E-state index contributed by atoms with van der Waals surface area (Å²) >= 11 is 0. The second-order valence-electron chi connectivity index (χ2n) is 4.05.